The van der Waals surface area contributed by atoms with E-state index >= 15 is 0 Å². The topological polar surface area (TPSA) is 21.3 Å². The summed E-state index contributed by atoms with van der Waals surface area (Å²) in [6.45, 7) is 8.19. The molecule has 0 atom stereocenters. The third-order valence-corrected chi connectivity index (χ3v) is 3.50. The first-order valence-electron chi connectivity index (χ1n) is 5.91. The van der Waals surface area contributed by atoms with Crippen molar-refractivity contribution in [2.45, 2.75) is 18.2 Å². The van der Waals surface area contributed by atoms with E-state index in [1.807, 2.05) is 18.2 Å². The lowest BCUT2D eigenvalue weighted by atomic mass is 10.3. The first-order chi connectivity index (χ1) is 8.27. The average molecular weight is 251 g/mol. The van der Waals surface area contributed by atoms with Crippen molar-refractivity contribution < 1.29 is 4.74 Å². The molecule has 0 saturated heterocycles. The van der Waals surface area contributed by atoms with Gasteiger partial charge in [-0.3, -0.25) is 0 Å². The summed E-state index contributed by atoms with van der Waals surface area (Å²) < 4.78 is 5.31. The first-order valence-corrected chi connectivity index (χ1v) is 6.89. The molecular weight excluding hydrogens is 230 g/mol. The molecule has 0 bridgehead atoms. The lowest BCUT2D eigenvalue weighted by Crippen LogP contribution is -2.18. The Bertz CT molecular complexity index is 352. The first kappa shape index (κ1) is 14.1. The summed E-state index contributed by atoms with van der Waals surface area (Å²) in [5.74, 6) is 1.86. The predicted molar refractivity (Wildman–Crippen MR) is 76.0 cm³/mol. The van der Waals surface area contributed by atoms with E-state index in [1.165, 1.54) is 10.5 Å². The number of benzene rings is 1. The average Bonchev–Trinajstić information content (AvgIpc) is 2.37. The fraction of sp³-hybridized carbons (Fsp3) is 0.429. The van der Waals surface area contributed by atoms with E-state index in [0.29, 0.717) is 0 Å². The van der Waals surface area contributed by atoms with Crippen LogP contribution >= 0.6 is 11.8 Å². The molecular formula is C14H21NOS. The predicted octanol–water partition coefficient (Wildman–Crippen LogP) is 3.34. The monoisotopic (exact) mass is 251 g/mol. The molecule has 3 heteroatoms. The Morgan fingerprint density at radius 3 is 2.88 bits per heavy atom. The van der Waals surface area contributed by atoms with Gasteiger partial charge in [0, 0.05) is 17.2 Å². The third kappa shape index (κ3) is 5.29. The minimum Gasteiger partial charge on any atom is -0.496 e. The van der Waals surface area contributed by atoms with Gasteiger partial charge in [0.2, 0.25) is 0 Å². The zero-order valence-electron chi connectivity index (χ0n) is 10.7. The highest BCUT2D eigenvalue weighted by Gasteiger charge is 2.03. The van der Waals surface area contributed by atoms with Gasteiger partial charge in [0.05, 0.1) is 7.11 Å². The van der Waals surface area contributed by atoms with E-state index in [-0.39, 0.29) is 0 Å². The maximum absolute atomic E-state index is 5.31. The Hall–Kier alpha value is -0.930. The summed E-state index contributed by atoms with van der Waals surface area (Å²) in [6.07, 6.45) is 1.16. The van der Waals surface area contributed by atoms with Crippen molar-refractivity contribution in [3.63, 3.8) is 0 Å². The summed E-state index contributed by atoms with van der Waals surface area (Å²) in [5, 5.41) is 3.36. The lowest BCUT2D eigenvalue weighted by molar-refractivity contribution is 0.405. The van der Waals surface area contributed by atoms with Gasteiger partial charge < -0.3 is 10.1 Å². The summed E-state index contributed by atoms with van der Waals surface area (Å²) in [5.41, 5.74) is 1.22. The van der Waals surface area contributed by atoms with Gasteiger partial charge >= 0.3 is 0 Å². The van der Waals surface area contributed by atoms with Crippen molar-refractivity contribution in [1.29, 1.82) is 0 Å². The summed E-state index contributed by atoms with van der Waals surface area (Å²) >= 11 is 1.77. The van der Waals surface area contributed by atoms with Crippen LogP contribution in [0.2, 0.25) is 0 Å². The van der Waals surface area contributed by atoms with E-state index in [0.717, 1.165) is 31.0 Å². The standard InChI is InChI=1S/C14H21NOS/c1-4-9-15-10-12(2)11-17-14-8-6-5-7-13(14)16-3/h5-8,15H,2,4,9-11H2,1,3H3. The molecule has 0 aliphatic heterocycles. The second-order valence-corrected chi connectivity index (χ2v) is 4.88. The molecule has 0 aromatic heterocycles. The van der Waals surface area contributed by atoms with Crippen molar-refractivity contribution in [2.24, 2.45) is 0 Å². The van der Waals surface area contributed by atoms with Gasteiger partial charge in [-0.05, 0) is 25.1 Å². The zero-order valence-corrected chi connectivity index (χ0v) is 11.5. The molecule has 0 unspecified atom stereocenters. The number of rotatable bonds is 8. The van der Waals surface area contributed by atoms with Gasteiger partial charge in [-0.2, -0.15) is 0 Å². The van der Waals surface area contributed by atoms with Crippen LogP contribution in [0, 0.1) is 0 Å². The molecule has 0 amide bonds. The smallest absolute Gasteiger partial charge is 0.132 e. The number of hydrogen-bond acceptors (Lipinski definition) is 3. The molecule has 0 radical (unpaired) electrons. The van der Waals surface area contributed by atoms with Crippen molar-refractivity contribution in [3.8, 4) is 5.75 Å². The minimum atomic E-state index is 0.899. The fourth-order valence-electron chi connectivity index (χ4n) is 1.41. The van der Waals surface area contributed by atoms with E-state index in [1.54, 1.807) is 18.9 Å². The zero-order chi connectivity index (χ0) is 12.5. The van der Waals surface area contributed by atoms with Crippen molar-refractivity contribution in [1.82, 2.24) is 5.32 Å². The molecule has 1 aromatic carbocycles. The number of ether oxygens (including phenoxy) is 1. The molecule has 0 aliphatic rings. The molecule has 0 aliphatic carbocycles. The van der Waals surface area contributed by atoms with Crippen molar-refractivity contribution >= 4 is 11.8 Å². The Labute approximate surface area is 108 Å². The summed E-state index contributed by atoms with van der Waals surface area (Å²) in [6, 6.07) is 8.08. The molecule has 0 heterocycles. The Balaban J connectivity index is 2.36. The van der Waals surface area contributed by atoms with Crippen LogP contribution in [-0.2, 0) is 0 Å². The summed E-state index contributed by atoms with van der Waals surface area (Å²) in [7, 11) is 1.71. The molecule has 1 rings (SSSR count). The van der Waals surface area contributed by atoms with Crippen LogP contribution in [0.3, 0.4) is 0 Å². The van der Waals surface area contributed by atoms with Gasteiger partial charge in [-0.25, -0.2) is 0 Å². The van der Waals surface area contributed by atoms with E-state index in [9.17, 15) is 0 Å². The Kier molecular flexibility index (Phi) is 6.82. The maximum atomic E-state index is 5.31. The molecule has 0 spiro atoms. The highest BCUT2D eigenvalue weighted by Crippen LogP contribution is 2.29. The molecule has 0 fully saturated rings. The maximum Gasteiger partial charge on any atom is 0.132 e. The van der Waals surface area contributed by atoms with Crippen LogP contribution in [0.25, 0.3) is 0 Å². The molecule has 94 valence electrons. The van der Waals surface area contributed by atoms with E-state index in [4.69, 9.17) is 4.74 Å². The van der Waals surface area contributed by atoms with Crippen LogP contribution in [0.4, 0.5) is 0 Å². The van der Waals surface area contributed by atoms with Gasteiger partial charge in [0.1, 0.15) is 5.75 Å². The van der Waals surface area contributed by atoms with Crippen LogP contribution in [0.5, 0.6) is 5.75 Å². The highest BCUT2D eigenvalue weighted by atomic mass is 32.2. The second kappa shape index (κ2) is 8.20. The molecule has 1 N–H and O–H groups in total. The minimum absolute atomic E-state index is 0.899. The van der Waals surface area contributed by atoms with Crippen molar-refractivity contribution in [2.75, 3.05) is 26.0 Å². The number of para-hydroxylation sites is 1. The Morgan fingerprint density at radius 1 is 1.41 bits per heavy atom. The van der Waals surface area contributed by atoms with Gasteiger partial charge in [0.25, 0.3) is 0 Å². The largest absolute Gasteiger partial charge is 0.496 e. The van der Waals surface area contributed by atoms with Crippen molar-refractivity contribution in [3.05, 3.63) is 36.4 Å². The van der Waals surface area contributed by atoms with E-state index < -0.39 is 0 Å². The van der Waals surface area contributed by atoms with Gasteiger partial charge in [-0.1, -0.05) is 31.2 Å². The van der Waals surface area contributed by atoms with Crippen LogP contribution in [-0.4, -0.2) is 26.0 Å². The Morgan fingerprint density at radius 2 is 2.18 bits per heavy atom. The fourth-order valence-corrected chi connectivity index (χ4v) is 2.34. The molecule has 2 nitrogen and oxygen atoms in total. The van der Waals surface area contributed by atoms with Crippen LogP contribution in [0.15, 0.2) is 41.3 Å². The number of methoxy groups -OCH3 is 1. The van der Waals surface area contributed by atoms with Gasteiger partial charge in [0.15, 0.2) is 0 Å². The van der Waals surface area contributed by atoms with E-state index in [2.05, 4.69) is 24.9 Å². The summed E-state index contributed by atoms with van der Waals surface area (Å²) in [4.78, 5) is 1.17. The van der Waals surface area contributed by atoms with Crippen LogP contribution < -0.4 is 10.1 Å². The molecule has 1 aromatic rings. The number of hydrogen-bond donors (Lipinski definition) is 1. The SMILES string of the molecule is C=C(CNCCC)CSc1ccccc1OC. The molecule has 17 heavy (non-hydrogen) atoms. The molecule has 0 saturated carbocycles. The highest BCUT2D eigenvalue weighted by molar-refractivity contribution is 7.99. The lowest BCUT2D eigenvalue weighted by Gasteiger charge is -2.09. The number of thioether (sulfide) groups is 1. The number of nitrogens with one attached hydrogen (secondary N) is 1. The normalized spacial score (nSPS) is 10.2. The second-order valence-electron chi connectivity index (χ2n) is 3.87. The quantitative estimate of drug-likeness (QED) is 0.435. The van der Waals surface area contributed by atoms with Gasteiger partial charge in [-0.15, -0.1) is 11.8 Å². The third-order valence-electron chi connectivity index (χ3n) is 2.30. The van der Waals surface area contributed by atoms with Crippen LogP contribution in [0.1, 0.15) is 13.3 Å².